The van der Waals surface area contributed by atoms with Crippen LogP contribution in [0.3, 0.4) is 0 Å². The van der Waals surface area contributed by atoms with Crippen LogP contribution in [0.25, 0.3) is 0 Å². The van der Waals surface area contributed by atoms with Crippen molar-refractivity contribution in [2.75, 3.05) is 0 Å². The Bertz CT molecular complexity index is 355. The smallest absolute Gasteiger partial charge is 0.371 e. The van der Waals surface area contributed by atoms with Crippen LogP contribution in [0.2, 0.25) is 0 Å². The molecule has 0 amide bonds. The predicted octanol–water partition coefficient (Wildman–Crippen LogP) is 0.451. The highest BCUT2D eigenvalue weighted by Crippen LogP contribution is 2.12. The molecule has 1 aromatic rings. The molecular formula is C7H8NO3S. The molecule has 0 saturated carbocycles. The standard InChI is InChI=1S/C7H8NO3S/c1-6-2-4-7(5-3-6)11-12(8,9)10/h2-5H,1H2,(H2,8,9,10). The van der Waals surface area contributed by atoms with Gasteiger partial charge in [-0.05, 0) is 24.6 Å². The van der Waals surface area contributed by atoms with Gasteiger partial charge >= 0.3 is 10.3 Å². The van der Waals surface area contributed by atoms with Crippen molar-refractivity contribution in [3.63, 3.8) is 0 Å². The van der Waals surface area contributed by atoms with Gasteiger partial charge in [-0.1, -0.05) is 12.1 Å². The summed E-state index contributed by atoms with van der Waals surface area (Å²) in [6.07, 6.45) is 0. The van der Waals surface area contributed by atoms with Gasteiger partial charge in [0, 0.05) is 0 Å². The molecule has 0 fully saturated rings. The molecule has 1 radical (unpaired) electrons. The Kier molecular flexibility index (Phi) is 2.35. The van der Waals surface area contributed by atoms with Crippen molar-refractivity contribution in [1.82, 2.24) is 0 Å². The molecular weight excluding hydrogens is 178 g/mol. The van der Waals surface area contributed by atoms with E-state index in [1.54, 1.807) is 12.1 Å². The van der Waals surface area contributed by atoms with Crippen molar-refractivity contribution >= 4 is 10.3 Å². The van der Waals surface area contributed by atoms with E-state index in [-0.39, 0.29) is 5.75 Å². The van der Waals surface area contributed by atoms with Gasteiger partial charge in [0.15, 0.2) is 0 Å². The Morgan fingerprint density at radius 2 is 1.75 bits per heavy atom. The first-order valence-electron chi connectivity index (χ1n) is 3.11. The van der Waals surface area contributed by atoms with Gasteiger partial charge in [0.1, 0.15) is 5.75 Å². The highest BCUT2D eigenvalue weighted by atomic mass is 32.2. The third kappa shape index (κ3) is 2.89. The number of rotatable bonds is 2. The van der Waals surface area contributed by atoms with Crippen LogP contribution in [0.15, 0.2) is 24.3 Å². The quantitative estimate of drug-likeness (QED) is 0.729. The Morgan fingerprint density at radius 1 is 1.25 bits per heavy atom. The van der Waals surface area contributed by atoms with Crippen LogP contribution in [0.5, 0.6) is 5.75 Å². The minimum absolute atomic E-state index is 0.185. The molecule has 65 valence electrons. The molecule has 2 N–H and O–H groups in total. The fraction of sp³-hybridized carbons (Fsp3) is 0. The zero-order valence-electron chi connectivity index (χ0n) is 6.23. The number of hydrogen-bond acceptors (Lipinski definition) is 3. The molecule has 0 bridgehead atoms. The molecule has 0 spiro atoms. The van der Waals surface area contributed by atoms with E-state index in [0.717, 1.165) is 5.56 Å². The average molecular weight is 186 g/mol. The Balaban J connectivity index is 2.85. The Hall–Kier alpha value is -1.07. The monoisotopic (exact) mass is 186 g/mol. The molecule has 12 heavy (non-hydrogen) atoms. The highest BCUT2D eigenvalue weighted by Gasteiger charge is 2.02. The minimum atomic E-state index is -3.91. The Labute approximate surface area is 71.2 Å². The fourth-order valence-corrected chi connectivity index (χ4v) is 1.06. The van der Waals surface area contributed by atoms with E-state index in [4.69, 9.17) is 0 Å². The van der Waals surface area contributed by atoms with Gasteiger partial charge in [-0.2, -0.15) is 13.6 Å². The van der Waals surface area contributed by atoms with Crippen LogP contribution >= 0.6 is 0 Å². The van der Waals surface area contributed by atoms with Crippen LogP contribution in [-0.4, -0.2) is 8.42 Å². The van der Waals surface area contributed by atoms with E-state index >= 15 is 0 Å². The lowest BCUT2D eigenvalue weighted by Crippen LogP contribution is -2.18. The van der Waals surface area contributed by atoms with Crippen LogP contribution in [0, 0.1) is 6.92 Å². The van der Waals surface area contributed by atoms with E-state index in [0.29, 0.717) is 0 Å². The van der Waals surface area contributed by atoms with E-state index in [1.807, 2.05) is 0 Å². The molecule has 0 aromatic heterocycles. The zero-order valence-corrected chi connectivity index (χ0v) is 7.04. The maximum absolute atomic E-state index is 10.4. The van der Waals surface area contributed by atoms with Crippen molar-refractivity contribution in [2.24, 2.45) is 5.14 Å². The van der Waals surface area contributed by atoms with Crippen LogP contribution in [-0.2, 0) is 10.3 Å². The normalized spacial score (nSPS) is 11.2. The van der Waals surface area contributed by atoms with Crippen LogP contribution in [0.1, 0.15) is 5.56 Å². The summed E-state index contributed by atoms with van der Waals surface area (Å²) >= 11 is 0. The summed E-state index contributed by atoms with van der Waals surface area (Å²) in [5, 5.41) is 4.64. The first-order chi connectivity index (χ1) is 5.47. The molecule has 4 nitrogen and oxygen atoms in total. The number of benzene rings is 1. The summed E-state index contributed by atoms with van der Waals surface area (Å²) in [6.45, 7) is 3.62. The van der Waals surface area contributed by atoms with Gasteiger partial charge < -0.3 is 4.18 Å². The molecule has 1 aromatic carbocycles. The second-order valence-corrected chi connectivity index (χ2v) is 3.37. The number of nitrogens with two attached hydrogens (primary N) is 1. The fourth-order valence-electron chi connectivity index (χ4n) is 0.679. The molecule has 0 atom stereocenters. The van der Waals surface area contributed by atoms with Gasteiger partial charge in [-0.25, -0.2) is 0 Å². The lowest BCUT2D eigenvalue weighted by Gasteiger charge is -2.01. The summed E-state index contributed by atoms with van der Waals surface area (Å²) in [5.41, 5.74) is 0.775. The van der Waals surface area contributed by atoms with Crippen molar-refractivity contribution < 1.29 is 12.6 Å². The largest absolute Gasteiger partial charge is 0.380 e. The third-order valence-electron chi connectivity index (χ3n) is 1.14. The molecule has 0 heterocycles. The summed E-state index contributed by atoms with van der Waals surface area (Å²) in [6, 6.07) is 6.21. The zero-order chi connectivity index (χ0) is 9.19. The van der Waals surface area contributed by atoms with Gasteiger partial charge in [0.25, 0.3) is 0 Å². The lowest BCUT2D eigenvalue weighted by atomic mass is 10.2. The van der Waals surface area contributed by atoms with Crippen LogP contribution in [0.4, 0.5) is 0 Å². The lowest BCUT2D eigenvalue weighted by molar-refractivity contribution is 0.488. The average Bonchev–Trinajstić information content (AvgIpc) is 1.91. The molecule has 0 aliphatic carbocycles. The minimum Gasteiger partial charge on any atom is -0.371 e. The van der Waals surface area contributed by atoms with E-state index in [1.165, 1.54) is 12.1 Å². The van der Waals surface area contributed by atoms with E-state index in [9.17, 15) is 8.42 Å². The van der Waals surface area contributed by atoms with Gasteiger partial charge in [-0.15, -0.1) is 0 Å². The molecule has 5 heteroatoms. The summed E-state index contributed by atoms with van der Waals surface area (Å²) in [5.74, 6) is 0.185. The first kappa shape index (κ1) is 9.02. The third-order valence-corrected chi connectivity index (χ3v) is 1.56. The van der Waals surface area contributed by atoms with Crippen molar-refractivity contribution in [1.29, 1.82) is 0 Å². The topological polar surface area (TPSA) is 69.4 Å². The second kappa shape index (κ2) is 3.12. The molecule has 1 rings (SSSR count). The number of hydrogen-bond donors (Lipinski definition) is 1. The SMILES string of the molecule is [CH2]c1ccc(OS(N)(=O)=O)cc1. The maximum atomic E-state index is 10.4. The van der Waals surface area contributed by atoms with Gasteiger partial charge in [0.05, 0.1) is 0 Å². The van der Waals surface area contributed by atoms with Crippen LogP contribution < -0.4 is 9.32 Å². The van der Waals surface area contributed by atoms with Crippen molar-refractivity contribution in [2.45, 2.75) is 0 Å². The second-order valence-electron chi connectivity index (χ2n) is 2.22. The molecule has 0 aliphatic heterocycles. The molecule has 0 aliphatic rings. The Morgan fingerprint density at radius 3 is 2.17 bits per heavy atom. The van der Waals surface area contributed by atoms with Gasteiger partial charge in [-0.3, -0.25) is 0 Å². The highest BCUT2D eigenvalue weighted by molar-refractivity contribution is 7.84. The first-order valence-corrected chi connectivity index (χ1v) is 4.59. The molecule has 0 unspecified atom stereocenters. The maximum Gasteiger partial charge on any atom is 0.380 e. The van der Waals surface area contributed by atoms with E-state index in [2.05, 4.69) is 16.2 Å². The molecule has 0 saturated heterocycles. The van der Waals surface area contributed by atoms with E-state index < -0.39 is 10.3 Å². The summed E-state index contributed by atoms with van der Waals surface area (Å²) in [4.78, 5) is 0. The van der Waals surface area contributed by atoms with Crippen molar-refractivity contribution in [3.8, 4) is 5.75 Å². The summed E-state index contributed by atoms with van der Waals surface area (Å²) < 4.78 is 25.2. The van der Waals surface area contributed by atoms with Crippen molar-refractivity contribution in [3.05, 3.63) is 36.8 Å². The predicted molar refractivity (Wildman–Crippen MR) is 44.6 cm³/mol. The van der Waals surface area contributed by atoms with Gasteiger partial charge in [0.2, 0.25) is 0 Å². The summed E-state index contributed by atoms with van der Waals surface area (Å²) in [7, 11) is -3.91.